The van der Waals surface area contributed by atoms with E-state index in [4.69, 9.17) is 5.73 Å². The molecule has 0 spiro atoms. The van der Waals surface area contributed by atoms with E-state index in [2.05, 4.69) is 10.1 Å². The fourth-order valence-electron chi connectivity index (χ4n) is 0.559. The van der Waals surface area contributed by atoms with Crippen LogP contribution in [0.3, 0.4) is 0 Å². The van der Waals surface area contributed by atoms with Crippen LogP contribution in [0, 0.1) is 0 Å². The van der Waals surface area contributed by atoms with E-state index >= 15 is 0 Å². The van der Waals surface area contributed by atoms with Crippen molar-refractivity contribution in [2.45, 2.75) is 6.18 Å². The van der Waals surface area contributed by atoms with Gasteiger partial charge in [0.2, 0.25) is 0 Å². The van der Waals surface area contributed by atoms with Gasteiger partial charge in [0, 0.05) is 19.6 Å². The van der Waals surface area contributed by atoms with Crippen molar-refractivity contribution >= 4 is 0 Å². The molecule has 0 saturated heterocycles. The maximum absolute atomic E-state index is 11.5. The molecule has 0 saturated carbocycles. The SMILES string of the molecule is NCCNCCOCC(F)(F)F. The minimum atomic E-state index is -4.23. The number of alkyl halides is 3. The first-order valence-corrected chi connectivity index (χ1v) is 3.61. The van der Waals surface area contributed by atoms with E-state index in [0.717, 1.165) is 0 Å². The van der Waals surface area contributed by atoms with Crippen LogP contribution in [0.25, 0.3) is 0 Å². The van der Waals surface area contributed by atoms with Gasteiger partial charge in [0.25, 0.3) is 0 Å². The van der Waals surface area contributed by atoms with Gasteiger partial charge in [-0.2, -0.15) is 13.2 Å². The first-order valence-electron chi connectivity index (χ1n) is 3.61. The smallest absolute Gasteiger partial charge is 0.371 e. The van der Waals surface area contributed by atoms with Crippen LogP contribution in [0.2, 0.25) is 0 Å². The van der Waals surface area contributed by atoms with Crippen LogP contribution < -0.4 is 11.1 Å². The van der Waals surface area contributed by atoms with Crippen LogP contribution in [-0.2, 0) is 4.74 Å². The van der Waals surface area contributed by atoms with Crippen molar-refractivity contribution in [3.8, 4) is 0 Å². The molecule has 0 aromatic carbocycles. The summed E-state index contributed by atoms with van der Waals surface area (Å²) in [4.78, 5) is 0. The van der Waals surface area contributed by atoms with Gasteiger partial charge >= 0.3 is 6.18 Å². The number of ether oxygens (including phenoxy) is 1. The van der Waals surface area contributed by atoms with Crippen LogP contribution in [0.1, 0.15) is 0 Å². The quantitative estimate of drug-likeness (QED) is 0.579. The minimum Gasteiger partial charge on any atom is -0.371 e. The molecule has 0 aliphatic heterocycles. The first kappa shape index (κ1) is 11.7. The summed E-state index contributed by atoms with van der Waals surface area (Å²) in [7, 11) is 0. The van der Waals surface area contributed by atoms with Crippen molar-refractivity contribution in [2.24, 2.45) is 5.73 Å². The Morgan fingerprint density at radius 2 is 1.92 bits per heavy atom. The minimum absolute atomic E-state index is 0.0551. The van der Waals surface area contributed by atoms with Gasteiger partial charge in [-0.3, -0.25) is 0 Å². The van der Waals surface area contributed by atoms with E-state index in [1.54, 1.807) is 0 Å². The molecule has 0 heterocycles. The van der Waals surface area contributed by atoms with Gasteiger partial charge in [-0.15, -0.1) is 0 Å². The fraction of sp³-hybridized carbons (Fsp3) is 1.00. The van der Waals surface area contributed by atoms with E-state index in [1.807, 2.05) is 0 Å². The summed E-state index contributed by atoms with van der Waals surface area (Å²) in [5, 5.41) is 2.80. The molecule has 12 heavy (non-hydrogen) atoms. The molecule has 3 N–H and O–H groups in total. The summed E-state index contributed by atoms with van der Waals surface area (Å²) in [6.07, 6.45) is -4.23. The summed E-state index contributed by atoms with van der Waals surface area (Å²) in [5.74, 6) is 0. The Balaban J connectivity index is 3.01. The van der Waals surface area contributed by atoms with E-state index in [-0.39, 0.29) is 6.61 Å². The standard InChI is InChI=1S/C6H13F3N2O/c7-6(8,9)5-12-4-3-11-2-1-10/h11H,1-5,10H2. The average Bonchev–Trinajstić information content (AvgIpc) is 1.94. The Hall–Kier alpha value is -0.330. The lowest BCUT2D eigenvalue weighted by Crippen LogP contribution is -2.27. The highest BCUT2D eigenvalue weighted by molar-refractivity contribution is 4.48. The molecule has 0 aliphatic rings. The number of nitrogens with two attached hydrogens (primary N) is 1. The lowest BCUT2D eigenvalue weighted by Gasteiger charge is -2.07. The maximum Gasteiger partial charge on any atom is 0.411 e. The molecular formula is C6H13F3N2O. The highest BCUT2D eigenvalue weighted by Crippen LogP contribution is 2.13. The second-order valence-corrected chi connectivity index (χ2v) is 2.21. The van der Waals surface area contributed by atoms with Gasteiger partial charge in [-0.25, -0.2) is 0 Å². The highest BCUT2D eigenvalue weighted by atomic mass is 19.4. The Kier molecular flexibility index (Phi) is 6.04. The maximum atomic E-state index is 11.5. The van der Waals surface area contributed by atoms with E-state index < -0.39 is 12.8 Å². The van der Waals surface area contributed by atoms with Gasteiger partial charge in [-0.1, -0.05) is 0 Å². The molecule has 0 fully saturated rings. The van der Waals surface area contributed by atoms with Crippen LogP contribution in [0.5, 0.6) is 0 Å². The van der Waals surface area contributed by atoms with E-state index in [1.165, 1.54) is 0 Å². The second-order valence-electron chi connectivity index (χ2n) is 2.21. The van der Waals surface area contributed by atoms with Crippen LogP contribution in [0.4, 0.5) is 13.2 Å². The van der Waals surface area contributed by atoms with Crippen LogP contribution in [-0.4, -0.2) is 39.0 Å². The highest BCUT2D eigenvalue weighted by Gasteiger charge is 2.26. The third-order valence-electron chi connectivity index (χ3n) is 1.01. The Morgan fingerprint density at radius 1 is 1.25 bits per heavy atom. The van der Waals surface area contributed by atoms with Crippen LogP contribution >= 0.6 is 0 Å². The van der Waals surface area contributed by atoms with Gasteiger partial charge < -0.3 is 15.8 Å². The zero-order valence-corrected chi connectivity index (χ0v) is 6.66. The summed E-state index contributed by atoms with van der Waals surface area (Å²) < 4.78 is 38.7. The molecule has 3 nitrogen and oxygen atoms in total. The van der Waals surface area contributed by atoms with Crippen molar-refractivity contribution in [1.29, 1.82) is 0 Å². The molecular weight excluding hydrogens is 173 g/mol. The molecule has 0 atom stereocenters. The molecule has 0 amide bonds. The van der Waals surface area contributed by atoms with Crippen molar-refractivity contribution in [3.63, 3.8) is 0 Å². The molecule has 74 valence electrons. The first-order chi connectivity index (χ1) is 5.56. The zero-order chi connectivity index (χ0) is 9.45. The van der Waals surface area contributed by atoms with Crippen molar-refractivity contribution < 1.29 is 17.9 Å². The summed E-state index contributed by atoms with van der Waals surface area (Å²) in [6.45, 7) is 0.332. The molecule has 0 aromatic rings. The Morgan fingerprint density at radius 3 is 2.42 bits per heavy atom. The normalized spacial score (nSPS) is 12.0. The number of nitrogens with one attached hydrogen (secondary N) is 1. The average molecular weight is 186 g/mol. The lowest BCUT2D eigenvalue weighted by atomic mass is 10.6. The summed E-state index contributed by atoms with van der Waals surface area (Å²) >= 11 is 0. The zero-order valence-electron chi connectivity index (χ0n) is 6.66. The topological polar surface area (TPSA) is 47.3 Å². The molecule has 0 rings (SSSR count). The Bertz CT molecular complexity index is 107. The molecule has 0 radical (unpaired) electrons. The predicted molar refractivity (Wildman–Crippen MR) is 38.8 cm³/mol. The van der Waals surface area contributed by atoms with E-state index in [0.29, 0.717) is 19.6 Å². The van der Waals surface area contributed by atoms with Crippen molar-refractivity contribution in [1.82, 2.24) is 5.32 Å². The third-order valence-corrected chi connectivity index (χ3v) is 1.01. The second kappa shape index (κ2) is 6.22. The van der Waals surface area contributed by atoms with E-state index in [9.17, 15) is 13.2 Å². The molecule has 0 aliphatic carbocycles. The van der Waals surface area contributed by atoms with Gasteiger partial charge in [0.15, 0.2) is 0 Å². The third kappa shape index (κ3) is 9.67. The summed E-state index contributed by atoms with van der Waals surface area (Å²) in [5.41, 5.74) is 5.13. The molecule has 0 bridgehead atoms. The molecule has 0 aromatic heterocycles. The number of hydrogen-bond donors (Lipinski definition) is 2. The largest absolute Gasteiger partial charge is 0.411 e. The van der Waals surface area contributed by atoms with Crippen molar-refractivity contribution in [3.05, 3.63) is 0 Å². The number of halogens is 3. The van der Waals surface area contributed by atoms with Gasteiger partial charge in [0.1, 0.15) is 6.61 Å². The Labute approximate surface area is 69.1 Å². The lowest BCUT2D eigenvalue weighted by molar-refractivity contribution is -0.173. The van der Waals surface area contributed by atoms with Crippen LogP contribution in [0.15, 0.2) is 0 Å². The molecule has 0 unspecified atom stereocenters. The number of rotatable bonds is 6. The van der Waals surface area contributed by atoms with Gasteiger partial charge in [0.05, 0.1) is 6.61 Å². The predicted octanol–water partition coefficient (Wildman–Crippen LogP) is 0.114. The monoisotopic (exact) mass is 186 g/mol. The molecule has 6 heteroatoms. The summed E-state index contributed by atoms with van der Waals surface area (Å²) in [6, 6.07) is 0. The fourth-order valence-corrected chi connectivity index (χ4v) is 0.559. The van der Waals surface area contributed by atoms with Crippen molar-refractivity contribution in [2.75, 3.05) is 32.8 Å². The van der Waals surface area contributed by atoms with Gasteiger partial charge in [-0.05, 0) is 0 Å². The number of hydrogen-bond acceptors (Lipinski definition) is 3.